The molecule has 0 unspecified atom stereocenters. The third kappa shape index (κ3) is 5.43. The average Bonchev–Trinajstić information content (AvgIpc) is 3.13. The largest absolute Gasteiger partial charge is 0.423 e. The van der Waals surface area contributed by atoms with E-state index in [1.807, 2.05) is 0 Å². The zero-order valence-electron chi connectivity index (χ0n) is 17.9. The standard InChI is InChI=1S/C25H16ClN3O6/c26-18-9-12-22(35-23(30)13-8-16-6-10-20(11-7-16)29(33)34)17(14-18)15-21-24(31)27-28(25(21)32)19-4-2-1-3-5-19/h1-15H,(H,27,31)/b13-8+,21-15-. The van der Waals surface area contributed by atoms with Crippen molar-refractivity contribution in [3.05, 3.63) is 111 Å². The molecule has 3 aromatic rings. The maximum Gasteiger partial charge on any atom is 0.336 e. The highest BCUT2D eigenvalue weighted by molar-refractivity contribution is 6.32. The average molecular weight is 490 g/mol. The Morgan fingerprint density at radius 3 is 2.43 bits per heavy atom. The zero-order valence-corrected chi connectivity index (χ0v) is 18.6. The molecule has 1 fully saturated rings. The van der Waals surface area contributed by atoms with Gasteiger partial charge in [-0.1, -0.05) is 29.8 Å². The Bertz CT molecular complexity index is 1380. The fraction of sp³-hybridized carbons (Fsp3) is 0. The topological polar surface area (TPSA) is 119 Å². The number of nitro groups is 1. The summed E-state index contributed by atoms with van der Waals surface area (Å²) in [5.74, 6) is -1.84. The molecule has 0 saturated carbocycles. The van der Waals surface area contributed by atoms with E-state index >= 15 is 0 Å². The number of nitrogens with one attached hydrogen (secondary N) is 1. The minimum atomic E-state index is -0.738. The number of para-hydroxylation sites is 1. The van der Waals surface area contributed by atoms with E-state index in [2.05, 4.69) is 5.43 Å². The Balaban J connectivity index is 1.55. The Hall–Kier alpha value is -4.76. The summed E-state index contributed by atoms with van der Waals surface area (Å²) in [4.78, 5) is 47.9. The first-order valence-corrected chi connectivity index (χ1v) is 10.6. The van der Waals surface area contributed by atoms with E-state index in [4.69, 9.17) is 16.3 Å². The second-order valence-electron chi connectivity index (χ2n) is 7.26. The third-order valence-electron chi connectivity index (χ3n) is 4.90. The van der Waals surface area contributed by atoms with Gasteiger partial charge in [-0.05, 0) is 60.2 Å². The monoisotopic (exact) mass is 489 g/mol. The van der Waals surface area contributed by atoms with E-state index in [-0.39, 0.29) is 22.6 Å². The molecule has 10 heteroatoms. The first-order valence-electron chi connectivity index (χ1n) is 10.2. The lowest BCUT2D eigenvalue weighted by Gasteiger charge is -2.13. The molecule has 0 aromatic heterocycles. The second-order valence-corrected chi connectivity index (χ2v) is 7.70. The summed E-state index contributed by atoms with van der Waals surface area (Å²) >= 11 is 6.08. The molecule has 1 heterocycles. The van der Waals surface area contributed by atoms with Crippen molar-refractivity contribution in [2.75, 3.05) is 5.01 Å². The number of carbonyl (C=O) groups is 3. The summed E-state index contributed by atoms with van der Waals surface area (Å²) in [6, 6.07) is 18.6. The first-order chi connectivity index (χ1) is 16.8. The highest BCUT2D eigenvalue weighted by atomic mass is 35.5. The number of anilines is 1. The van der Waals surface area contributed by atoms with Crippen LogP contribution in [0.3, 0.4) is 0 Å². The molecule has 1 saturated heterocycles. The van der Waals surface area contributed by atoms with Crippen LogP contribution in [0.5, 0.6) is 5.75 Å². The van der Waals surface area contributed by atoms with Gasteiger partial charge in [-0.3, -0.25) is 25.1 Å². The maximum absolute atomic E-state index is 12.8. The van der Waals surface area contributed by atoms with Crippen molar-refractivity contribution in [1.82, 2.24) is 5.43 Å². The van der Waals surface area contributed by atoms with Crippen molar-refractivity contribution in [1.29, 1.82) is 0 Å². The normalized spacial score (nSPS) is 14.4. The molecule has 1 aliphatic rings. The minimum absolute atomic E-state index is 0.0695. The van der Waals surface area contributed by atoms with Gasteiger partial charge in [0.15, 0.2) is 0 Å². The van der Waals surface area contributed by atoms with Crippen LogP contribution in [0.1, 0.15) is 11.1 Å². The number of carbonyl (C=O) groups excluding carboxylic acids is 3. The quantitative estimate of drug-likeness (QED) is 0.137. The Kier molecular flexibility index (Phi) is 6.70. The Labute approximate surface area is 204 Å². The van der Waals surface area contributed by atoms with Crippen molar-refractivity contribution >= 4 is 52.9 Å². The summed E-state index contributed by atoms with van der Waals surface area (Å²) in [5, 5.41) is 12.2. The second kappa shape index (κ2) is 10.0. The molecule has 0 aliphatic carbocycles. The van der Waals surface area contributed by atoms with Crippen LogP contribution in [0.25, 0.3) is 12.2 Å². The molecule has 1 aliphatic heterocycles. The van der Waals surface area contributed by atoms with E-state index in [1.165, 1.54) is 54.6 Å². The number of hydrogen-bond donors (Lipinski definition) is 1. The number of nitrogens with zero attached hydrogens (tertiary/aromatic N) is 2. The molecule has 0 radical (unpaired) electrons. The van der Waals surface area contributed by atoms with Gasteiger partial charge in [-0.25, -0.2) is 9.80 Å². The van der Waals surface area contributed by atoms with E-state index in [0.717, 1.165) is 11.1 Å². The number of halogens is 1. The highest BCUT2D eigenvalue weighted by Crippen LogP contribution is 2.28. The molecule has 9 nitrogen and oxygen atoms in total. The van der Waals surface area contributed by atoms with E-state index in [9.17, 15) is 24.5 Å². The predicted molar refractivity (Wildman–Crippen MR) is 129 cm³/mol. The fourth-order valence-electron chi connectivity index (χ4n) is 3.21. The van der Waals surface area contributed by atoms with Gasteiger partial charge in [-0.2, -0.15) is 0 Å². The summed E-state index contributed by atoms with van der Waals surface area (Å²) in [6.45, 7) is 0. The van der Waals surface area contributed by atoms with Crippen LogP contribution in [-0.4, -0.2) is 22.7 Å². The molecule has 35 heavy (non-hydrogen) atoms. The number of ether oxygens (including phenoxy) is 1. The van der Waals surface area contributed by atoms with Crippen LogP contribution in [0.15, 0.2) is 84.4 Å². The molecule has 174 valence electrons. The first kappa shape index (κ1) is 23.4. The molecule has 2 amide bonds. The fourth-order valence-corrected chi connectivity index (χ4v) is 3.39. The number of benzene rings is 3. The van der Waals surface area contributed by atoms with Crippen LogP contribution in [0, 0.1) is 10.1 Å². The van der Waals surface area contributed by atoms with Crippen LogP contribution >= 0.6 is 11.6 Å². The lowest BCUT2D eigenvalue weighted by Crippen LogP contribution is -2.35. The lowest BCUT2D eigenvalue weighted by atomic mass is 10.1. The molecular formula is C25H16ClN3O6. The lowest BCUT2D eigenvalue weighted by molar-refractivity contribution is -0.384. The molecule has 0 spiro atoms. The number of rotatable bonds is 6. The summed E-state index contributed by atoms with van der Waals surface area (Å²) in [5.41, 5.74) is 3.57. The number of nitro benzene ring substituents is 1. The molecule has 3 aromatic carbocycles. The smallest absolute Gasteiger partial charge is 0.336 e. The predicted octanol–water partition coefficient (Wildman–Crippen LogP) is 4.33. The highest BCUT2D eigenvalue weighted by Gasteiger charge is 2.34. The van der Waals surface area contributed by atoms with Crippen LogP contribution < -0.4 is 15.2 Å². The molecular weight excluding hydrogens is 474 g/mol. The molecule has 4 rings (SSSR count). The Morgan fingerprint density at radius 2 is 1.74 bits per heavy atom. The third-order valence-corrected chi connectivity index (χ3v) is 5.14. The van der Waals surface area contributed by atoms with Gasteiger partial charge in [0.1, 0.15) is 11.3 Å². The van der Waals surface area contributed by atoms with E-state index in [0.29, 0.717) is 16.3 Å². The molecule has 0 atom stereocenters. The van der Waals surface area contributed by atoms with Crippen molar-refractivity contribution in [3.63, 3.8) is 0 Å². The van der Waals surface area contributed by atoms with Gasteiger partial charge < -0.3 is 4.74 Å². The maximum atomic E-state index is 12.8. The van der Waals surface area contributed by atoms with Gasteiger partial charge in [0.25, 0.3) is 17.5 Å². The van der Waals surface area contributed by atoms with E-state index in [1.54, 1.807) is 30.3 Å². The van der Waals surface area contributed by atoms with Crippen molar-refractivity contribution < 1.29 is 24.0 Å². The number of hydrogen-bond acceptors (Lipinski definition) is 6. The number of amides is 2. The van der Waals surface area contributed by atoms with Gasteiger partial charge in [0.05, 0.1) is 10.6 Å². The summed E-state index contributed by atoms with van der Waals surface area (Å²) in [7, 11) is 0. The van der Waals surface area contributed by atoms with Crippen molar-refractivity contribution in [3.8, 4) is 5.75 Å². The van der Waals surface area contributed by atoms with Gasteiger partial charge >= 0.3 is 5.97 Å². The molecule has 0 bridgehead atoms. The SMILES string of the molecule is O=C(/C=C/c1ccc([N+](=O)[O-])cc1)Oc1ccc(Cl)cc1/C=C1/C(=O)NN(c2ccccc2)C1=O. The van der Waals surface area contributed by atoms with Crippen LogP contribution in [0.2, 0.25) is 5.02 Å². The molecule has 1 N–H and O–H groups in total. The number of hydrazine groups is 1. The Morgan fingerprint density at radius 1 is 1.03 bits per heavy atom. The summed E-state index contributed by atoms with van der Waals surface area (Å²) in [6.07, 6.45) is 3.89. The van der Waals surface area contributed by atoms with Crippen molar-refractivity contribution in [2.24, 2.45) is 0 Å². The van der Waals surface area contributed by atoms with E-state index < -0.39 is 22.7 Å². The van der Waals surface area contributed by atoms with Crippen LogP contribution in [-0.2, 0) is 14.4 Å². The minimum Gasteiger partial charge on any atom is -0.423 e. The number of esters is 1. The van der Waals surface area contributed by atoms with Crippen LogP contribution in [0.4, 0.5) is 11.4 Å². The number of non-ortho nitro benzene ring substituents is 1. The van der Waals surface area contributed by atoms with Gasteiger partial charge in [0.2, 0.25) is 0 Å². The van der Waals surface area contributed by atoms with Gasteiger partial charge in [0, 0.05) is 28.8 Å². The van der Waals surface area contributed by atoms with Crippen molar-refractivity contribution in [2.45, 2.75) is 0 Å². The summed E-state index contributed by atoms with van der Waals surface area (Å²) < 4.78 is 5.38. The zero-order chi connectivity index (χ0) is 24.9. The van der Waals surface area contributed by atoms with Gasteiger partial charge in [-0.15, -0.1) is 0 Å².